The number of likely N-dealkylation sites (tertiary alicyclic amines) is 1. The lowest BCUT2D eigenvalue weighted by atomic mass is 9.71. The monoisotopic (exact) mass is 517 g/mol. The molecule has 0 aromatic heterocycles. The van der Waals surface area contributed by atoms with E-state index in [1.54, 1.807) is 4.90 Å². The number of hydrogen-bond donors (Lipinski definition) is 1. The number of benzene rings is 2. The van der Waals surface area contributed by atoms with Gasteiger partial charge in [0.2, 0.25) is 0 Å². The molecule has 1 N–H and O–H groups in total. The van der Waals surface area contributed by atoms with Gasteiger partial charge in [0.25, 0.3) is 0 Å². The molecule has 0 spiro atoms. The second-order valence-electron chi connectivity index (χ2n) is 9.66. The third kappa shape index (κ3) is 6.81. The van der Waals surface area contributed by atoms with E-state index in [0.717, 1.165) is 15.6 Å². The predicted molar refractivity (Wildman–Crippen MR) is 130 cm³/mol. The van der Waals surface area contributed by atoms with Crippen molar-refractivity contribution in [3.63, 3.8) is 0 Å². The highest BCUT2D eigenvalue weighted by Gasteiger charge is 2.50. The van der Waals surface area contributed by atoms with Crippen LogP contribution in [-0.4, -0.2) is 47.4 Å². The van der Waals surface area contributed by atoms with Crippen molar-refractivity contribution in [3.05, 3.63) is 70.2 Å². The fraction of sp³-hybridized carbons (Fsp3) is 0.462. The minimum absolute atomic E-state index is 0.0521. The van der Waals surface area contributed by atoms with Crippen molar-refractivity contribution in [3.8, 4) is 0 Å². The van der Waals surface area contributed by atoms with E-state index in [0.29, 0.717) is 32.5 Å². The molecule has 7 heteroatoms. The molecule has 2 aromatic rings. The van der Waals surface area contributed by atoms with Gasteiger partial charge >= 0.3 is 12.1 Å². The van der Waals surface area contributed by atoms with Crippen molar-refractivity contribution in [1.82, 2.24) is 4.90 Å². The standard InChI is InChI=1S/C26H32BrNO5/c1-25(2,3)33-24(31)28-13-12-21(16-28)26(23(29)30,15-20-10-7-11-22(27)14-20)18-32-17-19-8-5-4-6-9-19/h4-11,14,21H,12-13,15-18H2,1-3H3,(H,29,30)/t21-,26?/m0/s1. The van der Waals surface area contributed by atoms with Crippen molar-refractivity contribution >= 4 is 28.0 Å². The van der Waals surface area contributed by atoms with Crippen LogP contribution in [0.5, 0.6) is 0 Å². The Morgan fingerprint density at radius 3 is 2.42 bits per heavy atom. The number of aliphatic carboxylic acids is 1. The van der Waals surface area contributed by atoms with Crippen molar-refractivity contribution in [2.24, 2.45) is 11.3 Å². The van der Waals surface area contributed by atoms with Crippen molar-refractivity contribution in [2.45, 2.75) is 45.8 Å². The molecule has 2 aromatic carbocycles. The van der Waals surface area contributed by atoms with Crippen LogP contribution in [0.15, 0.2) is 59.1 Å². The highest BCUT2D eigenvalue weighted by atomic mass is 79.9. The molecular weight excluding hydrogens is 486 g/mol. The van der Waals surface area contributed by atoms with Gasteiger partial charge in [-0.2, -0.15) is 0 Å². The molecular formula is C26H32BrNO5. The van der Waals surface area contributed by atoms with Gasteiger partial charge in [-0.1, -0.05) is 58.4 Å². The number of ether oxygens (including phenoxy) is 2. The Balaban J connectivity index is 1.83. The smallest absolute Gasteiger partial charge is 0.410 e. The van der Waals surface area contributed by atoms with Gasteiger partial charge in [0, 0.05) is 17.6 Å². The van der Waals surface area contributed by atoms with Gasteiger partial charge in [-0.3, -0.25) is 4.79 Å². The van der Waals surface area contributed by atoms with Crippen LogP contribution in [0, 0.1) is 11.3 Å². The average Bonchev–Trinajstić information content (AvgIpc) is 3.23. The maximum Gasteiger partial charge on any atom is 0.410 e. The fourth-order valence-electron chi connectivity index (χ4n) is 4.27. The molecule has 1 unspecified atom stereocenters. The number of carboxylic acid groups (broad SMARTS) is 1. The van der Waals surface area contributed by atoms with E-state index in [1.165, 1.54) is 0 Å². The first-order chi connectivity index (χ1) is 15.6. The zero-order valence-corrected chi connectivity index (χ0v) is 21.0. The zero-order valence-electron chi connectivity index (χ0n) is 19.4. The summed E-state index contributed by atoms with van der Waals surface area (Å²) in [5, 5.41) is 10.5. The number of rotatable bonds is 8. The lowest BCUT2D eigenvalue weighted by Crippen LogP contribution is -2.46. The van der Waals surface area contributed by atoms with E-state index in [1.807, 2.05) is 75.4 Å². The van der Waals surface area contributed by atoms with Crippen LogP contribution in [0.1, 0.15) is 38.3 Å². The lowest BCUT2D eigenvalue weighted by molar-refractivity contribution is -0.158. The molecule has 0 bridgehead atoms. The third-order valence-electron chi connectivity index (χ3n) is 5.93. The number of carboxylic acids is 1. The van der Waals surface area contributed by atoms with E-state index in [9.17, 15) is 14.7 Å². The summed E-state index contributed by atoms with van der Waals surface area (Å²) in [4.78, 5) is 27.1. The molecule has 1 aliphatic rings. The molecule has 1 heterocycles. The Hall–Kier alpha value is -2.38. The van der Waals surface area contributed by atoms with Crippen LogP contribution >= 0.6 is 15.9 Å². The summed E-state index contributed by atoms with van der Waals surface area (Å²) in [6.07, 6.45) is 0.481. The normalized spacial score (nSPS) is 18.1. The van der Waals surface area contributed by atoms with Crippen LogP contribution < -0.4 is 0 Å². The summed E-state index contributed by atoms with van der Waals surface area (Å²) in [6.45, 7) is 6.64. The summed E-state index contributed by atoms with van der Waals surface area (Å²) in [7, 11) is 0. The number of carbonyl (C=O) groups excluding carboxylic acids is 1. The van der Waals surface area contributed by atoms with E-state index in [2.05, 4.69) is 15.9 Å². The molecule has 1 fully saturated rings. The molecule has 1 aliphatic heterocycles. The maximum atomic E-state index is 12.8. The Labute approximate surface area is 204 Å². The van der Waals surface area contributed by atoms with Gasteiger partial charge in [-0.05, 0) is 62.8 Å². The summed E-state index contributed by atoms with van der Waals surface area (Å²) < 4.78 is 12.4. The SMILES string of the molecule is CC(C)(C)OC(=O)N1CC[C@H](C(COCc2ccccc2)(Cc2cccc(Br)c2)C(=O)O)C1. The van der Waals surface area contributed by atoms with Gasteiger partial charge in [-0.15, -0.1) is 0 Å². The molecule has 178 valence electrons. The van der Waals surface area contributed by atoms with Gasteiger partial charge in [0.1, 0.15) is 5.60 Å². The molecule has 0 radical (unpaired) electrons. The van der Waals surface area contributed by atoms with Gasteiger partial charge in [-0.25, -0.2) is 4.79 Å². The molecule has 0 aliphatic carbocycles. The Bertz CT molecular complexity index is 959. The third-order valence-corrected chi connectivity index (χ3v) is 6.42. The summed E-state index contributed by atoms with van der Waals surface area (Å²) in [5.74, 6) is -1.18. The van der Waals surface area contributed by atoms with Crippen LogP contribution in [0.25, 0.3) is 0 Å². The Morgan fingerprint density at radius 2 is 1.79 bits per heavy atom. The van der Waals surface area contributed by atoms with Gasteiger partial charge in [0.15, 0.2) is 0 Å². The van der Waals surface area contributed by atoms with Crippen molar-refractivity contribution < 1.29 is 24.2 Å². The number of amides is 1. The first kappa shape index (κ1) is 25.2. The number of hydrogen-bond acceptors (Lipinski definition) is 4. The van der Waals surface area contributed by atoms with Gasteiger partial charge < -0.3 is 19.5 Å². The van der Waals surface area contributed by atoms with E-state index in [-0.39, 0.29) is 12.5 Å². The van der Waals surface area contributed by atoms with Gasteiger partial charge in [0.05, 0.1) is 18.6 Å². The van der Waals surface area contributed by atoms with Crippen LogP contribution in [0.2, 0.25) is 0 Å². The molecule has 6 nitrogen and oxygen atoms in total. The van der Waals surface area contributed by atoms with E-state index in [4.69, 9.17) is 9.47 Å². The average molecular weight is 518 g/mol. The highest BCUT2D eigenvalue weighted by Crippen LogP contribution is 2.40. The van der Waals surface area contributed by atoms with Crippen molar-refractivity contribution in [1.29, 1.82) is 0 Å². The van der Waals surface area contributed by atoms with E-state index < -0.39 is 23.1 Å². The Morgan fingerprint density at radius 1 is 1.09 bits per heavy atom. The maximum absolute atomic E-state index is 12.8. The fourth-order valence-corrected chi connectivity index (χ4v) is 4.71. The minimum atomic E-state index is -1.17. The van der Waals surface area contributed by atoms with Crippen LogP contribution in [0.4, 0.5) is 4.79 Å². The molecule has 2 atom stereocenters. The summed E-state index contributed by atoms with van der Waals surface area (Å²) >= 11 is 3.48. The first-order valence-electron chi connectivity index (χ1n) is 11.2. The van der Waals surface area contributed by atoms with E-state index >= 15 is 0 Å². The summed E-state index contributed by atoms with van der Waals surface area (Å²) in [6, 6.07) is 17.4. The topological polar surface area (TPSA) is 76.1 Å². The minimum Gasteiger partial charge on any atom is -0.481 e. The number of halogens is 1. The molecule has 1 amide bonds. The number of nitrogens with zero attached hydrogens (tertiary/aromatic N) is 1. The predicted octanol–water partition coefficient (Wildman–Crippen LogP) is 5.54. The molecule has 0 saturated carbocycles. The first-order valence-corrected chi connectivity index (χ1v) is 12.0. The van der Waals surface area contributed by atoms with Crippen LogP contribution in [0.3, 0.4) is 0 Å². The Kier molecular flexibility index (Phi) is 8.19. The van der Waals surface area contributed by atoms with Crippen molar-refractivity contribution in [2.75, 3.05) is 19.7 Å². The second kappa shape index (κ2) is 10.7. The quantitative estimate of drug-likeness (QED) is 0.497. The zero-order chi connectivity index (χ0) is 24.1. The van der Waals surface area contributed by atoms with Crippen LogP contribution in [-0.2, 0) is 27.3 Å². The molecule has 3 rings (SSSR count). The number of carbonyl (C=O) groups is 2. The highest BCUT2D eigenvalue weighted by molar-refractivity contribution is 9.10. The largest absolute Gasteiger partial charge is 0.481 e. The molecule has 1 saturated heterocycles. The second-order valence-corrected chi connectivity index (χ2v) is 10.6. The lowest BCUT2D eigenvalue weighted by Gasteiger charge is -2.35. The summed E-state index contributed by atoms with van der Waals surface area (Å²) in [5.41, 5.74) is 0.118. The molecule has 33 heavy (non-hydrogen) atoms.